The molecule has 1 aromatic heterocycles. The minimum atomic E-state index is -5.72. The Kier molecular flexibility index (Phi) is 30.3. The number of nitrogens with two attached hydrogens (primary N) is 1. The standard InChI is InChI=1S/C50H85N3O18P2/c1-4-5-18-24-37(54)28-29-39-41(55)32-42(56)40-25-20-16-17-22-27-46(58)69-38(33-66-45(57)26-21-15-13-11-9-7-6-8-10-12-14-19-23-36(2)3)34-67-72(62,63)71-73(64,65)68-35-43(48(60)47(39)59)70-49(40)53-31-30-44(51)52-50(53)61/h16,20,28-31,36-40,42-43,47-49,54,56,59-60H,4-15,17-19,21-27,32-35H2,1-3H3,(H,62,63)(H,64,65)(H2,51,52,61)/t37-,38+,39-,40-,42-,43+,47-,48+,49+/m0/s1. The zero-order chi connectivity index (χ0) is 53.8. The number of aliphatic hydroxyl groups is 4. The van der Waals surface area contributed by atoms with Crippen LogP contribution in [0.1, 0.15) is 175 Å². The lowest BCUT2D eigenvalue weighted by atomic mass is 9.83. The van der Waals surface area contributed by atoms with Gasteiger partial charge in [-0.05, 0) is 44.1 Å². The molecule has 2 unspecified atom stereocenters. The predicted molar refractivity (Wildman–Crippen MR) is 271 cm³/mol. The Hall–Kier alpha value is -3.17. The van der Waals surface area contributed by atoms with Gasteiger partial charge in [-0.2, -0.15) is 9.29 Å². The number of cyclic esters (lactones) is 1. The lowest BCUT2D eigenvalue weighted by molar-refractivity contribution is -0.186. The monoisotopic (exact) mass is 1080 g/mol. The van der Waals surface area contributed by atoms with Crippen LogP contribution in [0.25, 0.3) is 0 Å². The van der Waals surface area contributed by atoms with Gasteiger partial charge in [0, 0.05) is 31.4 Å². The van der Waals surface area contributed by atoms with Crippen LogP contribution in [0.5, 0.6) is 0 Å². The fourth-order valence-electron chi connectivity index (χ4n) is 8.61. The van der Waals surface area contributed by atoms with Crippen LogP contribution in [0.15, 0.2) is 41.4 Å². The Morgan fingerprint density at radius 3 is 2.12 bits per heavy atom. The van der Waals surface area contributed by atoms with Crippen molar-refractivity contribution in [2.75, 3.05) is 25.6 Å². The number of fused-ring (bicyclic) bond motifs is 3. The molecule has 1 fully saturated rings. The number of carbonyl (C=O) groups excluding carboxylic acids is 3. The average molecular weight is 1080 g/mol. The first-order valence-electron chi connectivity index (χ1n) is 26.3. The van der Waals surface area contributed by atoms with Crippen molar-refractivity contribution in [2.24, 2.45) is 17.8 Å². The molecule has 1 aromatic rings. The molecule has 3 rings (SSSR count). The van der Waals surface area contributed by atoms with Crippen LogP contribution < -0.4 is 11.4 Å². The summed E-state index contributed by atoms with van der Waals surface area (Å²) in [6.07, 6.45) is 11.8. The number of rotatable bonds is 24. The highest BCUT2D eigenvalue weighted by Gasteiger charge is 2.45. The van der Waals surface area contributed by atoms with Crippen molar-refractivity contribution in [3.63, 3.8) is 0 Å². The fraction of sp³-hybridized carbons (Fsp3) is 0.780. The van der Waals surface area contributed by atoms with Gasteiger partial charge in [0.15, 0.2) is 6.10 Å². The minimum absolute atomic E-state index is 0.0793. The third-order valence-corrected chi connectivity index (χ3v) is 15.4. The number of ketones is 1. The number of aliphatic hydroxyl groups excluding tert-OH is 4. The second kappa shape index (κ2) is 34.5. The highest BCUT2D eigenvalue weighted by Crippen LogP contribution is 2.60. The summed E-state index contributed by atoms with van der Waals surface area (Å²) in [5.41, 5.74) is 4.74. The van der Waals surface area contributed by atoms with Crippen molar-refractivity contribution in [1.82, 2.24) is 9.55 Å². The molecule has 2 aliphatic rings. The minimum Gasteiger partial charge on any atom is -0.462 e. The number of unbranched alkanes of at least 4 members (excludes halogenated alkanes) is 13. The van der Waals surface area contributed by atoms with E-state index >= 15 is 0 Å². The van der Waals surface area contributed by atoms with E-state index < -0.39 is 120 Å². The largest absolute Gasteiger partial charge is 0.481 e. The van der Waals surface area contributed by atoms with E-state index in [0.717, 1.165) is 55.2 Å². The van der Waals surface area contributed by atoms with Crippen LogP contribution >= 0.6 is 15.6 Å². The number of anilines is 1. The zero-order valence-electron chi connectivity index (χ0n) is 43.1. The van der Waals surface area contributed by atoms with Gasteiger partial charge in [-0.3, -0.25) is 28.0 Å². The summed E-state index contributed by atoms with van der Waals surface area (Å²) >= 11 is 0. The molecule has 2 aliphatic heterocycles. The zero-order valence-corrected chi connectivity index (χ0v) is 44.9. The van der Waals surface area contributed by atoms with E-state index in [9.17, 15) is 58.5 Å². The SMILES string of the molecule is CCCCC[C@H](O)C=C[C@H]1C(=O)C[C@H](O)[C@@H]2CC=CCCCC(=O)O[C@H](COC(=O)CCCCCCCCCCCCCCC(C)C)COP(=O)(O)OP(=O)(O)OC[C@@H](O[C@H]2n2ccc(N)nc2=O)[C@@H](O)[C@H]1O. The van der Waals surface area contributed by atoms with E-state index in [2.05, 4.69) is 23.1 Å². The highest BCUT2D eigenvalue weighted by molar-refractivity contribution is 7.61. The second-order valence-electron chi connectivity index (χ2n) is 19.6. The predicted octanol–water partition coefficient (Wildman–Crippen LogP) is 7.45. The Morgan fingerprint density at radius 2 is 1.49 bits per heavy atom. The van der Waals surface area contributed by atoms with Gasteiger partial charge < -0.3 is 50.2 Å². The van der Waals surface area contributed by atoms with Gasteiger partial charge in [0.25, 0.3) is 0 Å². The summed E-state index contributed by atoms with van der Waals surface area (Å²) in [7, 11) is -11.3. The molecule has 23 heteroatoms. The first-order chi connectivity index (χ1) is 34.7. The van der Waals surface area contributed by atoms with Crippen molar-refractivity contribution in [2.45, 2.75) is 211 Å². The normalized spacial score (nSPS) is 29.0. The molecule has 0 aliphatic carbocycles. The molecule has 11 atom stereocenters. The first kappa shape index (κ1) is 64.1. The van der Waals surface area contributed by atoms with Gasteiger partial charge >= 0.3 is 33.3 Å². The van der Waals surface area contributed by atoms with Crippen molar-refractivity contribution >= 4 is 39.2 Å². The Bertz CT molecular complexity index is 2000. The molecule has 8 N–H and O–H groups in total. The van der Waals surface area contributed by atoms with Crippen molar-refractivity contribution in [1.29, 1.82) is 0 Å². The molecule has 0 spiro atoms. The van der Waals surface area contributed by atoms with Gasteiger partial charge in [0.1, 0.15) is 36.6 Å². The quantitative estimate of drug-likeness (QED) is 0.0229. The summed E-state index contributed by atoms with van der Waals surface area (Å²) in [4.78, 5) is 78.0. The number of nitrogen functional groups attached to an aromatic ring is 1. The molecule has 0 saturated carbocycles. The van der Waals surface area contributed by atoms with E-state index in [1.165, 1.54) is 69.6 Å². The molecular weight excluding hydrogens is 993 g/mol. The number of hydrogen-bond donors (Lipinski definition) is 7. The molecule has 0 aromatic carbocycles. The molecule has 0 radical (unpaired) electrons. The van der Waals surface area contributed by atoms with Gasteiger partial charge in [0.2, 0.25) is 0 Å². The number of ether oxygens (including phenoxy) is 3. The molecule has 418 valence electrons. The van der Waals surface area contributed by atoms with Crippen LogP contribution in [0, 0.1) is 17.8 Å². The lowest BCUT2D eigenvalue weighted by Crippen LogP contribution is -2.51. The molecule has 2 bridgehead atoms. The first-order valence-corrected chi connectivity index (χ1v) is 29.3. The summed E-state index contributed by atoms with van der Waals surface area (Å²) < 4.78 is 58.9. The topological polar surface area (TPSA) is 323 Å². The van der Waals surface area contributed by atoms with Crippen LogP contribution in [0.3, 0.4) is 0 Å². The number of hydrogen-bond acceptors (Lipinski definition) is 18. The summed E-state index contributed by atoms with van der Waals surface area (Å²) in [6, 6.07) is 1.23. The lowest BCUT2D eigenvalue weighted by Gasteiger charge is -2.39. The summed E-state index contributed by atoms with van der Waals surface area (Å²) in [5, 5.41) is 45.7. The maximum atomic E-state index is 13.9. The number of aromatic nitrogens is 2. The second-order valence-corrected chi connectivity index (χ2v) is 22.7. The summed E-state index contributed by atoms with van der Waals surface area (Å²) in [5.74, 6) is -4.43. The number of esters is 2. The van der Waals surface area contributed by atoms with E-state index in [1.807, 2.05) is 6.92 Å². The third kappa shape index (κ3) is 26.0. The number of carbonyl (C=O) groups is 3. The van der Waals surface area contributed by atoms with E-state index in [4.69, 9.17) is 29.0 Å². The molecule has 1 saturated heterocycles. The average Bonchev–Trinajstić information content (AvgIpc) is 3.31. The van der Waals surface area contributed by atoms with Gasteiger partial charge in [-0.1, -0.05) is 141 Å². The van der Waals surface area contributed by atoms with Crippen molar-refractivity contribution in [3.8, 4) is 0 Å². The van der Waals surface area contributed by atoms with Gasteiger partial charge in [0.05, 0.1) is 37.4 Å². The van der Waals surface area contributed by atoms with Crippen LogP contribution in [-0.4, -0.2) is 114 Å². The molecule has 0 amide bonds. The Labute approximate surface area is 430 Å². The maximum Gasteiger partial charge on any atom is 0.481 e. The molecule has 21 nitrogen and oxygen atoms in total. The van der Waals surface area contributed by atoms with Crippen molar-refractivity contribution in [3.05, 3.63) is 47.1 Å². The smallest absolute Gasteiger partial charge is 0.462 e. The van der Waals surface area contributed by atoms with Gasteiger partial charge in [-0.15, -0.1) is 0 Å². The Balaban J connectivity index is 1.77. The van der Waals surface area contributed by atoms with Crippen LogP contribution in [0.2, 0.25) is 0 Å². The third-order valence-electron chi connectivity index (χ3n) is 12.8. The number of phosphoric acid groups is 2. The van der Waals surface area contributed by atoms with E-state index in [-0.39, 0.29) is 37.9 Å². The fourth-order valence-corrected chi connectivity index (χ4v) is 10.7. The van der Waals surface area contributed by atoms with Gasteiger partial charge in [-0.25, -0.2) is 13.9 Å². The van der Waals surface area contributed by atoms with E-state index in [0.29, 0.717) is 19.3 Å². The van der Waals surface area contributed by atoms with Crippen LogP contribution in [-0.2, 0) is 51.1 Å². The number of phosphoric ester groups is 2. The number of Topliss-reactive ketones (excluding diaryl/α,β-unsaturated/α-hetero) is 1. The van der Waals surface area contributed by atoms with Crippen LogP contribution in [0.4, 0.5) is 5.82 Å². The number of nitrogens with zero attached hydrogens (tertiary/aromatic N) is 2. The maximum absolute atomic E-state index is 13.9. The summed E-state index contributed by atoms with van der Waals surface area (Å²) in [6.45, 7) is 3.75. The molecule has 73 heavy (non-hydrogen) atoms. The number of allylic oxidation sites excluding steroid dienone is 2. The molecule has 3 heterocycles. The van der Waals surface area contributed by atoms with E-state index in [1.54, 1.807) is 12.2 Å². The highest BCUT2D eigenvalue weighted by atomic mass is 31.3. The molecular formula is C50H85N3O18P2. The Morgan fingerprint density at radius 1 is 0.877 bits per heavy atom. The van der Waals surface area contributed by atoms with Crippen molar-refractivity contribution < 1.29 is 81.3 Å².